The quantitative estimate of drug-likeness (QED) is 0.705. The minimum atomic E-state index is -0.136. The Bertz CT molecular complexity index is 363. The summed E-state index contributed by atoms with van der Waals surface area (Å²) in [6.07, 6.45) is 0.907. The largest absolute Gasteiger partial charge is 0.481 e. The Labute approximate surface area is 101 Å². The fourth-order valence-corrected chi connectivity index (χ4v) is 1.33. The van der Waals surface area contributed by atoms with Crippen molar-refractivity contribution in [2.75, 3.05) is 20.3 Å². The second kappa shape index (κ2) is 6.90. The highest BCUT2D eigenvalue weighted by atomic mass is 16.5. The summed E-state index contributed by atoms with van der Waals surface area (Å²) in [5.74, 6) is 0.527. The van der Waals surface area contributed by atoms with Gasteiger partial charge in [-0.3, -0.25) is 4.79 Å². The summed E-state index contributed by atoms with van der Waals surface area (Å²) >= 11 is 0. The fraction of sp³-hybridized carbons (Fsp3) is 0.636. The smallest absolute Gasteiger partial charge is 0.246 e. The first-order valence-corrected chi connectivity index (χ1v) is 5.58. The van der Waals surface area contributed by atoms with E-state index in [0.29, 0.717) is 19.0 Å². The molecule has 0 spiro atoms. The van der Waals surface area contributed by atoms with E-state index in [0.717, 1.165) is 12.1 Å². The molecule has 1 rings (SSSR count). The lowest BCUT2D eigenvalue weighted by Crippen LogP contribution is -2.27. The standard InChI is InChI=1S/C11H19N3O3/c1-4-5-17-8-10(15)12-7-9-6-11(16-3)14(2)13-9/h6H,4-5,7-8H2,1-3H3,(H,12,15). The Hall–Kier alpha value is -1.56. The number of rotatable bonds is 7. The average molecular weight is 241 g/mol. The van der Waals surface area contributed by atoms with E-state index >= 15 is 0 Å². The molecule has 96 valence electrons. The molecule has 0 saturated heterocycles. The van der Waals surface area contributed by atoms with Gasteiger partial charge in [0.15, 0.2) is 0 Å². The van der Waals surface area contributed by atoms with E-state index in [1.165, 1.54) is 0 Å². The van der Waals surface area contributed by atoms with Gasteiger partial charge in [-0.15, -0.1) is 0 Å². The number of carbonyl (C=O) groups is 1. The first kappa shape index (κ1) is 13.5. The van der Waals surface area contributed by atoms with Crippen molar-refractivity contribution in [3.63, 3.8) is 0 Å². The van der Waals surface area contributed by atoms with E-state index in [-0.39, 0.29) is 12.5 Å². The van der Waals surface area contributed by atoms with Crippen LogP contribution in [0.15, 0.2) is 6.07 Å². The third-order valence-corrected chi connectivity index (χ3v) is 2.14. The van der Waals surface area contributed by atoms with Crippen LogP contribution in [0.4, 0.5) is 0 Å². The predicted molar refractivity (Wildman–Crippen MR) is 62.7 cm³/mol. The second-order valence-corrected chi connectivity index (χ2v) is 3.63. The van der Waals surface area contributed by atoms with Crippen LogP contribution < -0.4 is 10.1 Å². The minimum absolute atomic E-state index is 0.0950. The Kier molecular flexibility index (Phi) is 5.48. The molecule has 1 amide bonds. The zero-order chi connectivity index (χ0) is 12.7. The molecule has 0 radical (unpaired) electrons. The van der Waals surface area contributed by atoms with E-state index in [4.69, 9.17) is 9.47 Å². The highest BCUT2D eigenvalue weighted by Gasteiger charge is 2.06. The summed E-state index contributed by atoms with van der Waals surface area (Å²) < 4.78 is 11.8. The monoisotopic (exact) mass is 241 g/mol. The van der Waals surface area contributed by atoms with Crippen molar-refractivity contribution in [1.29, 1.82) is 0 Å². The molecule has 0 aliphatic rings. The van der Waals surface area contributed by atoms with E-state index < -0.39 is 0 Å². The van der Waals surface area contributed by atoms with Crippen molar-refractivity contribution in [3.05, 3.63) is 11.8 Å². The predicted octanol–water partition coefficient (Wildman–Crippen LogP) is 0.471. The van der Waals surface area contributed by atoms with Crippen LogP contribution in [0.3, 0.4) is 0 Å². The number of aryl methyl sites for hydroxylation is 1. The van der Waals surface area contributed by atoms with Crippen molar-refractivity contribution in [2.24, 2.45) is 7.05 Å². The van der Waals surface area contributed by atoms with Gasteiger partial charge in [0, 0.05) is 19.7 Å². The number of aromatic nitrogens is 2. The Morgan fingerprint density at radius 2 is 2.35 bits per heavy atom. The molecular weight excluding hydrogens is 222 g/mol. The van der Waals surface area contributed by atoms with Crippen LogP contribution in [-0.2, 0) is 23.1 Å². The summed E-state index contributed by atoms with van der Waals surface area (Å²) in [5, 5.41) is 6.91. The van der Waals surface area contributed by atoms with Crippen LogP contribution in [0.25, 0.3) is 0 Å². The summed E-state index contributed by atoms with van der Waals surface area (Å²) in [4.78, 5) is 11.4. The van der Waals surface area contributed by atoms with Gasteiger partial charge in [-0.1, -0.05) is 6.92 Å². The summed E-state index contributed by atoms with van der Waals surface area (Å²) in [5.41, 5.74) is 0.758. The van der Waals surface area contributed by atoms with Gasteiger partial charge in [-0.25, -0.2) is 4.68 Å². The molecule has 0 aliphatic heterocycles. The molecule has 1 heterocycles. The van der Waals surface area contributed by atoms with Crippen LogP contribution in [-0.4, -0.2) is 36.0 Å². The molecule has 1 aromatic rings. The van der Waals surface area contributed by atoms with Crippen LogP contribution in [0.2, 0.25) is 0 Å². The number of amides is 1. The summed E-state index contributed by atoms with van der Waals surface area (Å²) in [7, 11) is 3.37. The lowest BCUT2D eigenvalue weighted by molar-refractivity contribution is -0.125. The summed E-state index contributed by atoms with van der Waals surface area (Å²) in [6, 6.07) is 1.78. The molecule has 0 atom stereocenters. The minimum Gasteiger partial charge on any atom is -0.481 e. The van der Waals surface area contributed by atoms with E-state index in [2.05, 4.69) is 10.4 Å². The third-order valence-electron chi connectivity index (χ3n) is 2.14. The molecule has 6 heteroatoms. The zero-order valence-electron chi connectivity index (χ0n) is 10.5. The highest BCUT2D eigenvalue weighted by Crippen LogP contribution is 2.10. The average Bonchev–Trinajstić information content (AvgIpc) is 2.67. The van der Waals surface area contributed by atoms with Crippen molar-refractivity contribution in [1.82, 2.24) is 15.1 Å². The zero-order valence-corrected chi connectivity index (χ0v) is 10.5. The molecular formula is C11H19N3O3. The van der Waals surface area contributed by atoms with Crippen LogP contribution in [0.5, 0.6) is 5.88 Å². The van der Waals surface area contributed by atoms with Gasteiger partial charge in [-0.2, -0.15) is 5.10 Å². The van der Waals surface area contributed by atoms with Gasteiger partial charge in [0.25, 0.3) is 0 Å². The van der Waals surface area contributed by atoms with E-state index in [1.54, 1.807) is 24.9 Å². The first-order valence-electron chi connectivity index (χ1n) is 5.58. The molecule has 0 bridgehead atoms. The molecule has 0 aromatic carbocycles. The van der Waals surface area contributed by atoms with Crippen LogP contribution in [0.1, 0.15) is 19.0 Å². The number of nitrogens with one attached hydrogen (secondary N) is 1. The van der Waals surface area contributed by atoms with Crippen molar-refractivity contribution < 1.29 is 14.3 Å². The third kappa shape index (κ3) is 4.44. The Morgan fingerprint density at radius 1 is 1.59 bits per heavy atom. The number of hydrogen-bond acceptors (Lipinski definition) is 4. The highest BCUT2D eigenvalue weighted by molar-refractivity contribution is 5.77. The van der Waals surface area contributed by atoms with Gasteiger partial charge in [0.05, 0.1) is 19.3 Å². The number of hydrogen-bond donors (Lipinski definition) is 1. The molecule has 0 unspecified atom stereocenters. The van der Waals surface area contributed by atoms with Gasteiger partial charge in [0.1, 0.15) is 6.61 Å². The van der Waals surface area contributed by atoms with Gasteiger partial charge in [-0.05, 0) is 6.42 Å². The van der Waals surface area contributed by atoms with Crippen molar-refractivity contribution in [2.45, 2.75) is 19.9 Å². The molecule has 0 saturated carbocycles. The molecule has 6 nitrogen and oxygen atoms in total. The van der Waals surface area contributed by atoms with E-state index in [9.17, 15) is 4.79 Å². The van der Waals surface area contributed by atoms with Gasteiger partial charge < -0.3 is 14.8 Å². The second-order valence-electron chi connectivity index (χ2n) is 3.63. The molecule has 1 N–H and O–H groups in total. The first-order chi connectivity index (χ1) is 8.17. The Balaban J connectivity index is 2.31. The van der Waals surface area contributed by atoms with Gasteiger partial charge >= 0.3 is 0 Å². The van der Waals surface area contributed by atoms with Gasteiger partial charge in [0.2, 0.25) is 11.8 Å². The maximum absolute atomic E-state index is 11.4. The van der Waals surface area contributed by atoms with Crippen molar-refractivity contribution >= 4 is 5.91 Å². The maximum atomic E-state index is 11.4. The Morgan fingerprint density at radius 3 is 2.94 bits per heavy atom. The molecule has 17 heavy (non-hydrogen) atoms. The number of nitrogens with zero attached hydrogens (tertiary/aromatic N) is 2. The molecule has 1 aromatic heterocycles. The maximum Gasteiger partial charge on any atom is 0.246 e. The normalized spacial score (nSPS) is 10.3. The van der Waals surface area contributed by atoms with Crippen LogP contribution >= 0.6 is 0 Å². The number of methoxy groups -OCH3 is 1. The van der Waals surface area contributed by atoms with E-state index in [1.807, 2.05) is 6.92 Å². The summed E-state index contributed by atoms with van der Waals surface area (Å²) in [6.45, 7) is 3.08. The topological polar surface area (TPSA) is 65.4 Å². The lowest BCUT2D eigenvalue weighted by Gasteiger charge is -2.03. The number of ether oxygens (including phenoxy) is 2. The van der Waals surface area contributed by atoms with Crippen LogP contribution in [0, 0.1) is 0 Å². The molecule has 0 aliphatic carbocycles. The van der Waals surface area contributed by atoms with Crippen molar-refractivity contribution in [3.8, 4) is 5.88 Å². The lowest BCUT2D eigenvalue weighted by atomic mass is 10.4. The number of carbonyl (C=O) groups excluding carboxylic acids is 1. The molecule has 0 fully saturated rings. The SMILES string of the molecule is CCCOCC(=O)NCc1cc(OC)n(C)n1. The fourth-order valence-electron chi connectivity index (χ4n) is 1.33.